The zero-order valence-corrected chi connectivity index (χ0v) is 14.1. The molecule has 1 N–H and O–H groups in total. The third kappa shape index (κ3) is 4.63. The van der Waals surface area contributed by atoms with Crippen LogP contribution in [-0.2, 0) is 6.54 Å². The summed E-state index contributed by atoms with van der Waals surface area (Å²) in [4.78, 5) is 14.9. The fraction of sp³-hybridized carbons (Fsp3) is 0.267. The van der Waals surface area contributed by atoms with E-state index >= 15 is 0 Å². The van der Waals surface area contributed by atoms with Crippen LogP contribution < -0.4 is 5.32 Å². The van der Waals surface area contributed by atoms with Gasteiger partial charge in [0.05, 0.1) is 16.9 Å². The van der Waals surface area contributed by atoms with Crippen LogP contribution in [0.4, 0.5) is 4.79 Å². The number of hydrogen-bond acceptors (Lipinski definition) is 2. The topological polar surface area (TPSA) is 32.3 Å². The Morgan fingerprint density at radius 3 is 2.71 bits per heavy atom. The third-order valence-electron chi connectivity index (χ3n) is 3.06. The number of thiophene rings is 1. The van der Waals surface area contributed by atoms with E-state index in [1.165, 1.54) is 11.3 Å². The Morgan fingerprint density at radius 2 is 2.10 bits per heavy atom. The van der Waals surface area contributed by atoms with Crippen LogP contribution >= 0.6 is 34.5 Å². The minimum absolute atomic E-state index is 0.106. The van der Waals surface area contributed by atoms with Crippen molar-refractivity contribution in [3.8, 4) is 0 Å². The summed E-state index contributed by atoms with van der Waals surface area (Å²) in [6.45, 7) is 2.46. The highest BCUT2D eigenvalue weighted by Crippen LogP contribution is 2.22. The van der Waals surface area contributed by atoms with Gasteiger partial charge in [-0.25, -0.2) is 4.79 Å². The van der Waals surface area contributed by atoms with Gasteiger partial charge in [0.25, 0.3) is 0 Å². The maximum absolute atomic E-state index is 12.2. The maximum Gasteiger partial charge on any atom is 0.317 e. The number of rotatable bonds is 4. The van der Waals surface area contributed by atoms with Crippen molar-refractivity contribution >= 4 is 40.6 Å². The van der Waals surface area contributed by atoms with Gasteiger partial charge in [-0.3, -0.25) is 0 Å². The van der Waals surface area contributed by atoms with E-state index in [2.05, 4.69) is 5.32 Å². The Kier molecular flexibility index (Phi) is 5.51. The zero-order valence-electron chi connectivity index (χ0n) is 11.8. The lowest BCUT2D eigenvalue weighted by Gasteiger charge is -2.21. The van der Waals surface area contributed by atoms with Crippen LogP contribution in [0.5, 0.6) is 0 Å². The van der Waals surface area contributed by atoms with Gasteiger partial charge >= 0.3 is 6.03 Å². The molecular formula is C15H16Cl2N2OS. The molecule has 1 atom stereocenters. The molecule has 1 heterocycles. The number of carbonyl (C=O) groups excluding carboxylic acids is 1. The minimum atomic E-state index is -0.132. The van der Waals surface area contributed by atoms with Gasteiger partial charge in [-0.1, -0.05) is 35.3 Å². The van der Waals surface area contributed by atoms with Crippen molar-refractivity contribution in [1.82, 2.24) is 10.2 Å². The second kappa shape index (κ2) is 7.16. The van der Waals surface area contributed by atoms with Crippen LogP contribution in [0.15, 0.2) is 36.4 Å². The standard InChI is InChI=1S/C15H16Cl2N2OS/c1-10(11-4-3-5-12(16)8-11)18-15(20)19(2)9-13-6-7-14(17)21-13/h3-8,10H,9H2,1-2H3,(H,18,20). The first-order chi connectivity index (χ1) is 9.95. The number of halogens is 2. The Hall–Kier alpha value is -1.23. The predicted octanol–water partition coefficient (Wildman–Crippen LogP) is 4.96. The van der Waals surface area contributed by atoms with Crippen LogP contribution in [0, 0.1) is 0 Å². The second-order valence-corrected chi connectivity index (χ2v) is 7.02. The molecule has 3 nitrogen and oxygen atoms in total. The SMILES string of the molecule is CC(NC(=O)N(C)Cc1ccc(Cl)s1)c1cccc(Cl)c1. The van der Waals surface area contributed by atoms with Gasteiger partial charge in [0, 0.05) is 16.9 Å². The summed E-state index contributed by atoms with van der Waals surface area (Å²) >= 11 is 13.3. The summed E-state index contributed by atoms with van der Waals surface area (Å²) in [5.74, 6) is 0. The lowest BCUT2D eigenvalue weighted by molar-refractivity contribution is 0.204. The van der Waals surface area contributed by atoms with Crippen LogP contribution in [0.3, 0.4) is 0 Å². The average Bonchev–Trinajstić information content (AvgIpc) is 2.84. The Morgan fingerprint density at radius 1 is 1.33 bits per heavy atom. The molecule has 1 unspecified atom stereocenters. The molecule has 0 aliphatic heterocycles. The summed E-state index contributed by atoms with van der Waals surface area (Å²) in [5, 5.41) is 3.61. The molecule has 0 fully saturated rings. The molecule has 0 bridgehead atoms. The van der Waals surface area contributed by atoms with E-state index in [1.807, 2.05) is 43.3 Å². The Labute approximate surface area is 138 Å². The lowest BCUT2D eigenvalue weighted by Crippen LogP contribution is -2.38. The molecule has 0 saturated carbocycles. The van der Waals surface area contributed by atoms with Gasteiger partial charge in [0.15, 0.2) is 0 Å². The number of carbonyl (C=O) groups is 1. The van der Waals surface area contributed by atoms with Crippen LogP contribution in [0.2, 0.25) is 9.36 Å². The number of nitrogens with one attached hydrogen (secondary N) is 1. The van der Waals surface area contributed by atoms with Crippen molar-refractivity contribution in [2.75, 3.05) is 7.05 Å². The number of nitrogens with zero attached hydrogens (tertiary/aromatic N) is 1. The molecule has 6 heteroatoms. The summed E-state index contributed by atoms with van der Waals surface area (Å²) in [6, 6.07) is 11.0. The molecule has 1 aromatic carbocycles. The van der Waals surface area contributed by atoms with Gasteiger partial charge in [-0.15, -0.1) is 11.3 Å². The van der Waals surface area contributed by atoms with Crippen molar-refractivity contribution in [1.29, 1.82) is 0 Å². The van der Waals surface area contributed by atoms with Crippen LogP contribution in [0.1, 0.15) is 23.4 Å². The third-order valence-corrected chi connectivity index (χ3v) is 4.51. The summed E-state index contributed by atoms with van der Waals surface area (Å²) in [5.41, 5.74) is 0.975. The molecule has 2 aromatic rings. The quantitative estimate of drug-likeness (QED) is 0.836. The fourth-order valence-electron chi connectivity index (χ4n) is 1.90. The normalized spacial score (nSPS) is 12.0. The van der Waals surface area contributed by atoms with E-state index in [1.54, 1.807) is 11.9 Å². The van der Waals surface area contributed by atoms with Gasteiger partial charge in [-0.05, 0) is 36.8 Å². The molecule has 21 heavy (non-hydrogen) atoms. The van der Waals surface area contributed by atoms with E-state index in [0.29, 0.717) is 11.6 Å². The van der Waals surface area contributed by atoms with E-state index in [9.17, 15) is 4.79 Å². The molecule has 1 aromatic heterocycles. The number of urea groups is 1. The van der Waals surface area contributed by atoms with E-state index in [-0.39, 0.29) is 12.1 Å². The minimum Gasteiger partial charge on any atom is -0.331 e. The molecular weight excluding hydrogens is 327 g/mol. The van der Waals surface area contributed by atoms with Gasteiger partial charge in [0.2, 0.25) is 0 Å². The van der Waals surface area contributed by atoms with Crippen molar-refractivity contribution < 1.29 is 4.79 Å². The van der Waals surface area contributed by atoms with Crippen molar-refractivity contribution in [2.45, 2.75) is 19.5 Å². The van der Waals surface area contributed by atoms with E-state index in [4.69, 9.17) is 23.2 Å². The van der Waals surface area contributed by atoms with Crippen molar-refractivity contribution in [3.63, 3.8) is 0 Å². The fourth-order valence-corrected chi connectivity index (χ4v) is 3.24. The van der Waals surface area contributed by atoms with Gasteiger partial charge in [0.1, 0.15) is 0 Å². The van der Waals surface area contributed by atoms with Gasteiger partial charge in [-0.2, -0.15) is 0 Å². The van der Waals surface area contributed by atoms with Crippen molar-refractivity contribution in [2.24, 2.45) is 0 Å². The summed E-state index contributed by atoms with van der Waals surface area (Å²) in [6.07, 6.45) is 0. The maximum atomic E-state index is 12.2. The monoisotopic (exact) mass is 342 g/mol. The summed E-state index contributed by atoms with van der Waals surface area (Å²) in [7, 11) is 1.76. The number of benzene rings is 1. The first kappa shape index (κ1) is 16.1. The van der Waals surface area contributed by atoms with Gasteiger partial charge < -0.3 is 10.2 Å². The van der Waals surface area contributed by atoms with Crippen molar-refractivity contribution in [3.05, 3.63) is 56.2 Å². The number of hydrogen-bond donors (Lipinski definition) is 1. The van der Waals surface area contributed by atoms with Crippen LogP contribution in [0.25, 0.3) is 0 Å². The molecule has 2 rings (SSSR count). The first-order valence-electron chi connectivity index (χ1n) is 6.47. The molecule has 0 saturated heterocycles. The highest BCUT2D eigenvalue weighted by Gasteiger charge is 2.14. The molecule has 0 radical (unpaired) electrons. The number of amides is 2. The molecule has 0 aliphatic carbocycles. The highest BCUT2D eigenvalue weighted by atomic mass is 35.5. The average molecular weight is 343 g/mol. The zero-order chi connectivity index (χ0) is 15.4. The smallest absolute Gasteiger partial charge is 0.317 e. The molecule has 0 aliphatic rings. The van der Waals surface area contributed by atoms with E-state index in [0.717, 1.165) is 14.8 Å². The predicted molar refractivity (Wildman–Crippen MR) is 89.2 cm³/mol. The molecule has 112 valence electrons. The highest BCUT2D eigenvalue weighted by molar-refractivity contribution is 7.16. The van der Waals surface area contributed by atoms with E-state index < -0.39 is 0 Å². The Balaban J connectivity index is 1.94. The van der Waals surface area contributed by atoms with Crippen LogP contribution in [-0.4, -0.2) is 18.0 Å². The molecule has 0 spiro atoms. The Bertz CT molecular complexity index is 630. The molecule has 2 amide bonds. The second-order valence-electron chi connectivity index (χ2n) is 4.79. The largest absolute Gasteiger partial charge is 0.331 e. The summed E-state index contributed by atoms with van der Waals surface area (Å²) < 4.78 is 0.728. The lowest BCUT2D eigenvalue weighted by atomic mass is 10.1. The first-order valence-corrected chi connectivity index (χ1v) is 8.04.